The molecule has 0 saturated heterocycles. The number of methoxy groups -OCH3 is 1. The van der Waals surface area contributed by atoms with Crippen molar-refractivity contribution in [2.45, 2.75) is 11.8 Å². The predicted molar refractivity (Wildman–Crippen MR) is 112 cm³/mol. The Kier molecular flexibility index (Phi) is 6.29. The van der Waals surface area contributed by atoms with Crippen molar-refractivity contribution in [3.63, 3.8) is 0 Å². The summed E-state index contributed by atoms with van der Waals surface area (Å²) in [6.07, 6.45) is 2.06. The van der Waals surface area contributed by atoms with Crippen molar-refractivity contribution in [1.29, 1.82) is 0 Å². The fraction of sp³-hybridized carbons (Fsp3) is 0.0870. The smallest absolute Gasteiger partial charge is 0.118 e. The molecule has 0 aromatic heterocycles. The van der Waals surface area contributed by atoms with E-state index >= 15 is 0 Å². The Morgan fingerprint density at radius 3 is 2.27 bits per heavy atom. The third kappa shape index (κ3) is 4.87. The number of aliphatic imine (C=N–C) groups is 1. The molecule has 0 aliphatic carbocycles. The standard InChI is InChI=1S/C23H21NOS/c1-18-8-6-7-11-23(18)26-17-16-22(24-20-9-4-3-5-10-20)19-12-14-21(25-2)15-13-19/h3-17H,1-2H3. The largest absolute Gasteiger partial charge is 0.497 e. The van der Waals surface area contributed by atoms with Crippen molar-refractivity contribution in [1.82, 2.24) is 0 Å². The Morgan fingerprint density at radius 2 is 1.58 bits per heavy atom. The third-order valence-corrected chi connectivity index (χ3v) is 4.89. The number of ether oxygens (including phenoxy) is 1. The van der Waals surface area contributed by atoms with Gasteiger partial charge in [0.15, 0.2) is 0 Å². The molecular weight excluding hydrogens is 338 g/mol. The van der Waals surface area contributed by atoms with E-state index in [1.54, 1.807) is 18.9 Å². The Bertz CT molecular complexity index is 899. The number of nitrogens with zero attached hydrogens (tertiary/aromatic N) is 1. The molecule has 0 amide bonds. The van der Waals surface area contributed by atoms with Gasteiger partial charge >= 0.3 is 0 Å². The van der Waals surface area contributed by atoms with E-state index in [1.165, 1.54) is 10.5 Å². The Hall–Kier alpha value is -2.78. The van der Waals surface area contributed by atoms with Gasteiger partial charge in [-0.05, 0) is 66.4 Å². The topological polar surface area (TPSA) is 21.6 Å². The highest BCUT2D eigenvalue weighted by molar-refractivity contribution is 8.02. The minimum Gasteiger partial charge on any atom is -0.497 e. The van der Waals surface area contributed by atoms with Gasteiger partial charge < -0.3 is 4.74 Å². The Morgan fingerprint density at radius 1 is 0.885 bits per heavy atom. The van der Waals surface area contributed by atoms with Crippen LogP contribution in [0.3, 0.4) is 0 Å². The number of thioether (sulfide) groups is 1. The summed E-state index contributed by atoms with van der Waals surface area (Å²) >= 11 is 1.70. The first-order valence-electron chi connectivity index (χ1n) is 8.43. The van der Waals surface area contributed by atoms with Crippen LogP contribution in [0.2, 0.25) is 0 Å². The summed E-state index contributed by atoms with van der Waals surface area (Å²) in [5.74, 6) is 0.839. The summed E-state index contributed by atoms with van der Waals surface area (Å²) in [5, 5.41) is 2.09. The van der Waals surface area contributed by atoms with Crippen LogP contribution in [-0.4, -0.2) is 12.8 Å². The molecule has 0 saturated carbocycles. The highest BCUT2D eigenvalue weighted by atomic mass is 32.2. The van der Waals surface area contributed by atoms with Crippen molar-refractivity contribution < 1.29 is 4.74 Å². The number of aryl methyl sites for hydroxylation is 1. The van der Waals surface area contributed by atoms with Gasteiger partial charge in [-0.25, -0.2) is 4.99 Å². The lowest BCUT2D eigenvalue weighted by Gasteiger charge is -2.05. The van der Waals surface area contributed by atoms with E-state index in [-0.39, 0.29) is 0 Å². The van der Waals surface area contributed by atoms with Crippen molar-refractivity contribution in [3.05, 3.63) is 101 Å². The highest BCUT2D eigenvalue weighted by Gasteiger charge is 2.02. The van der Waals surface area contributed by atoms with Crippen LogP contribution < -0.4 is 4.74 Å². The fourth-order valence-corrected chi connectivity index (χ4v) is 3.22. The maximum Gasteiger partial charge on any atom is 0.118 e. The number of rotatable bonds is 6. The number of hydrogen-bond acceptors (Lipinski definition) is 3. The minimum absolute atomic E-state index is 0.839. The number of allylic oxidation sites excluding steroid dienone is 1. The number of hydrogen-bond donors (Lipinski definition) is 0. The average molecular weight is 359 g/mol. The summed E-state index contributed by atoms with van der Waals surface area (Å²) in [6, 6.07) is 26.3. The van der Waals surface area contributed by atoms with Crippen LogP contribution in [0.5, 0.6) is 5.75 Å². The SMILES string of the molecule is COc1ccc(C(C=CSc2ccccc2C)=Nc2ccccc2)cc1. The minimum atomic E-state index is 0.839. The monoisotopic (exact) mass is 359 g/mol. The van der Waals surface area contributed by atoms with Crippen molar-refractivity contribution in [3.8, 4) is 5.75 Å². The second-order valence-electron chi connectivity index (χ2n) is 5.75. The van der Waals surface area contributed by atoms with Crippen molar-refractivity contribution in [2.75, 3.05) is 7.11 Å². The number of para-hydroxylation sites is 1. The van der Waals surface area contributed by atoms with E-state index in [0.717, 1.165) is 22.7 Å². The molecule has 26 heavy (non-hydrogen) atoms. The molecule has 0 atom stereocenters. The Balaban J connectivity index is 1.88. The zero-order valence-corrected chi connectivity index (χ0v) is 15.7. The summed E-state index contributed by atoms with van der Waals surface area (Å²) in [7, 11) is 1.67. The molecule has 0 aliphatic rings. The molecule has 0 heterocycles. The first kappa shape index (κ1) is 18.0. The lowest BCUT2D eigenvalue weighted by atomic mass is 10.1. The van der Waals surface area contributed by atoms with Gasteiger partial charge in [0.2, 0.25) is 0 Å². The molecule has 0 unspecified atom stereocenters. The van der Waals surface area contributed by atoms with Crippen LogP contribution in [0.15, 0.2) is 100 Å². The van der Waals surface area contributed by atoms with Crippen LogP contribution in [0.1, 0.15) is 11.1 Å². The van der Waals surface area contributed by atoms with E-state index in [0.29, 0.717) is 0 Å². The van der Waals surface area contributed by atoms with Crippen LogP contribution in [0.4, 0.5) is 5.69 Å². The zero-order chi connectivity index (χ0) is 18.2. The van der Waals surface area contributed by atoms with Gasteiger partial charge in [-0.2, -0.15) is 0 Å². The molecule has 3 rings (SSSR count). The molecule has 2 nitrogen and oxygen atoms in total. The maximum atomic E-state index is 5.26. The second kappa shape index (κ2) is 9.07. The van der Waals surface area contributed by atoms with Crippen LogP contribution in [0.25, 0.3) is 0 Å². The van der Waals surface area contributed by atoms with E-state index in [9.17, 15) is 0 Å². The quantitative estimate of drug-likeness (QED) is 0.373. The first-order valence-corrected chi connectivity index (χ1v) is 9.31. The molecule has 0 radical (unpaired) electrons. The third-order valence-electron chi connectivity index (χ3n) is 3.91. The molecule has 0 aliphatic heterocycles. The van der Waals surface area contributed by atoms with Gasteiger partial charge in [0.05, 0.1) is 18.5 Å². The van der Waals surface area contributed by atoms with Crippen LogP contribution >= 0.6 is 11.8 Å². The maximum absolute atomic E-state index is 5.26. The zero-order valence-electron chi connectivity index (χ0n) is 14.9. The molecule has 0 spiro atoms. The van der Waals surface area contributed by atoms with Gasteiger partial charge in [-0.3, -0.25) is 0 Å². The van der Waals surface area contributed by atoms with Gasteiger partial charge in [0, 0.05) is 10.5 Å². The van der Waals surface area contributed by atoms with Crippen molar-refractivity contribution >= 4 is 23.2 Å². The van der Waals surface area contributed by atoms with Gasteiger partial charge in [-0.1, -0.05) is 48.2 Å². The lowest BCUT2D eigenvalue weighted by molar-refractivity contribution is 0.415. The molecule has 3 heteroatoms. The molecule has 3 aromatic rings. The normalized spacial score (nSPS) is 11.7. The van der Waals surface area contributed by atoms with E-state index in [2.05, 4.69) is 42.7 Å². The summed E-state index contributed by atoms with van der Waals surface area (Å²) < 4.78 is 5.26. The van der Waals surface area contributed by atoms with Gasteiger partial charge in [0.25, 0.3) is 0 Å². The van der Waals surface area contributed by atoms with Crippen LogP contribution in [-0.2, 0) is 0 Å². The van der Waals surface area contributed by atoms with Gasteiger partial charge in [0.1, 0.15) is 5.75 Å². The average Bonchev–Trinajstić information content (AvgIpc) is 2.69. The summed E-state index contributed by atoms with van der Waals surface area (Å²) in [6.45, 7) is 2.12. The van der Waals surface area contributed by atoms with E-state index < -0.39 is 0 Å². The lowest BCUT2D eigenvalue weighted by Crippen LogP contribution is -1.96. The highest BCUT2D eigenvalue weighted by Crippen LogP contribution is 2.24. The molecular formula is C23H21NOS. The fourth-order valence-electron chi connectivity index (χ4n) is 2.46. The molecule has 0 bridgehead atoms. The number of benzene rings is 3. The molecule has 130 valence electrons. The van der Waals surface area contributed by atoms with E-state index in [1.807, 2.05) is 54.6 Å². The Labute approximate surface area is 159 Å². The molecule has 3 aromatic carbocycles. The molecule has 0 N–H and O–H groups in total. The van der Waals surface area contributed by atoms with Crippen molar-refractivity contribution in [2.24, 2.45) is 4.99 Å². The predicted octanol–water partition coefficient (Wildman–Crippen LogP) is 6.43. The summed E-state index contributed by atoms with van der Waals surface area (Å²) in [4.78, 5) is 6.06. The van der Waals surface area contributed by atoms with Gasteiger partial charge in [-0.15, -0.1) is 0 Å². The van der Waals surface area contributed by atoms with Crippen LogP contribution in [0, 0.1) is 6.92 Å². The summed E-state index contributed by atoms with van der Waals surface area (Å²) in [5.41, 5.74) is 4.17. The second-order valence-corrected chi connectivity index (χ2v) is 6.69. The first-order chi connectivity index (χ1) is 12.8. The molecule has 0 fully saturated rings. The van der Waals surface area contributed by atoms with E-state index in [4.69, 9.17) is 9.73 Å².